The van der Waals surface area contributed by atoms with Gasteiger partial charge in [-0.1, -0.05) is 55.5 Å². The zero-order valence-electron chi connectivity index (χ0n) is 13.2. The average molecular weight is 324 g/mol. The molecule has 0 fully saturated rings. The second-order valence-corrected chi connectivity index (χ2v) is 6.40. The Morgan fingerprint density at radius 3 is 2.91 bits per heavy atom. The lowest BCUT2D eigenvalue weighted by Gasteiger charge is -2.11. The lowest BCUT2D eigenvalue weighted by atomic mass is 9.99. The molecular formula is C19H20N2OS. The van der Waals surface area contributed by atoms with Gasteiger partial charge in [0.1, 0.15) is 5.01 Å². The molecule has 1 aromatic heterocycles. The van der Waals surface area contributed by atoms with E-state index >= 15 is 0 Å². The van der Waals surface area contributed by atoms with Gasteiger partial charge in [0.15, 0.2) is 0 Å². The number of hydrogen-bond acceptors (Lipinski definition) is 3. The Morgan fingerprint density at radius 2 is 2.13 bits per heavy atom. The smallest absolute Gasteiger partial charge is 0.247 e. The molecule has 1 atom stereocenters. The van der Waals surface area contributed by atoms with E-state index in [4.69, 9.17) is 0 Å². The monoisotopic (exact) mass is 324 g/mol. The minimum absolute atomic E-state index is 0.0420. The number of nitrogens with zero attached hydrogens (tertiary/aromatic N) is 1. The molecule has 1 aliphatic carbocycles. The van der Waals surface area contributed by atoms with Crippen molar-refractivity contribution in [3.8, 4) is 10.6 Å². The molecule has 0 spiro atoms. The summed E-state index contributed by atoms with van der Waals surface area (Å²) in [6.07, 6.45) is 7.69. The predicted octanol–water partition coefficient (Wildman–Crippen LogP) is 3.99. The van der Waals surface area contributed by atoms with E-state index in [9.17, 15) is 4.79 Å². The van der Waals surface area contributed by atoms with Gasteiger partial charge in [-0.25, -0.2) is 4.98 Å². The molecular weight excluding hydrogens is 304 g/mol. The fourth-order valence-corrected chi connectivity index (χ4v) is 3.52. The van der Waals surface area contributed by atoms with Crippen LogP contribution in [0.15, 0.2) is 59.5 Å². The van der Waals surface area contributed by atoms with Crippen molar-refractivity contribution in [3.63, 3.8) is 0 Å². The van der Waals surface area contributed by atoms with Gasteiger partial charge >= 0.3 is 0 Å². The van der Waals surface area contributed by atoms with Crippen molar-refractivity contribution in [2.75, 3.05) is 6.54 Å². The van der Waals surface area contributed by atoms with Gasteiger partial charge in [-0.3, -0.25) is 4.79 Å². The quantitative estimate of drug-likeness (QED) is 0.873. The minimum Gasteiger partial charge on any atom is -0.352 e. The number of rotatable bonds is 6. The number of amides is 1. The summed E-state index contributed by atoms with van der Waals surface area (Å²) in [5.41, 5.74) is 3.04. The van der Waals surface area contributed by atoms with Crippen LogP contribution in [0.3, 0.4) is 0 Å². The number of benzene rings is 1. The van der Waals surface area contributed by atoms with Gasteiger partial charge in [-0.15, -0.1) is 11.3 Å². The van der Waals surface area contributed by atoms with Crippen LogP contribution >= 0.6 is 11.3 Å². The summed E-state index contributed by atoms with van der Waals surface area (Å²) in [5, 5.41) is 6.10. The molecule has 1 amide bonds. The third kappa shape index (κ3) is 3.77. The molecule has 1 aliphatic rings. The molecule has 0 saturated carbocycles. The summed E-state index contributed by atoms with van der Waals surface area (Å²) in [6.45, 7) is 2.71. The molecule has 0 saturated heterocycles. The van der Waals surface area contributed by atoms with Crippen LogP contribution in [0, 0.1) is 5.92 Å². The molecule has 1 aromatic carbocycles. The van der Waals surface area contributed by atoms with Gasteiger partial charge < -0.3 is 5.32 Å². The number of carbonyl (C=O) groups excluding carboxylic acids is 1. The highest BCUT2D eigenvalue weighted by atomic mass is 32.1. The summed E-state index contributed by atoms with van der Waals surface area (Å²) in [4.78, 5) is 16.8. The number of hydrogen-bond donors (Lipinski definition) is 1. The Kier molecular flexibility index (Phi) is 5.03. The fourth-order valence-electron chi connectivity index (χ4n) is 2.66. The Hall–Kier alpha value is -2.20. The second-order valence-electron chi connectivity index (χ2n) is 5.54. The van der Waals surface area contributed by atoms with Gasteiger partial charge in [0.05, 0.1) is 5.69 Å². The Bertz CT molecular complexity index is 731. The largest absolute Gasteiger partial charge is 0.352 e. The lowest BCUT2D eigenvalue weighted by molar-refractivity contribution is -0.117. The maximum absolute atomic E-state index is 12.2. The Labute approximate surface area is 140 Å². The summed E-state index contributed by atoms with van der Waals surface area (Å²) < 4.78 is 0. The van der Waals surface area contributed by atoms with E-state index in [1.54, 1.807) is 11.3 Å². The van der Waals surface area contributed by atoms with Crippen LogP contribution in [0.4, 0.5) is 0 Å². The first-order valence-corrected chi connectivity index (χ1v) is 8.82. The van der Waals surface area contributed by atoms with Crippen LogP contribution in [0.25, 0.3) is 10.6 Å². The van der Waals surface area contributed by atoms with Crippen molar-refractivity contribution in [3.05, 3.63) is 65.2 Å². The van der Waals surface area contributed by atoms with Crippen LogP contribution in [0.2, 0.25) is 0 Å². The van der Waals surface area contributed by atoms with E-state index in [2.05, 4.69) is 40.8 Å². The summed E-state index contributed by atoms with van der Waals surface area (Å²) in [7, 11) is 0. The molecule has 23 heavy (non-hydrogen) atoms. The molecule has 1 N–H and O–H groups in total. The SMILES string of the molecule is CCC1C=CC=C1C(=O)NCCc1csc(-c2ccccc2)n1. The van der Waals surface area contributed by atoms with Crippen molar-refractivity contribution in [1.82, 2.24) is 10.3 Å². The van der Waals surface area contributed by atoms with Crippen LogP contribution in [-0.2, 0) is 11.2 Å². The average Bonchev–Trinajstić information content (AvgIpc) is 3.24. The predicted molar refractivity (Wildman–Crippen MR) is 95.3 cm³/mol. The number of carbonyl (C=O) groups is 1. The molecule has 0 aliphatic heterocycles. The van der Waals surface area contributed by atoms with Crippen LogP contribution in [0.1, 0.15) is 19.0 Å². The third-order valence-electron chi connectivity index (χ3n) is 3.96. The fraction of sp³-hybridized carbons (Fsp3) is 0.263. The van der Waals surface area contributed by atoms with Gasteiger partial charge in [-0.05, 0) is 6.42 Å². The van der Waals surface area contributed by atoms with E-state index in [1.165, 1.54) is 0 Å². The van der Waals surface area contributed by atoms with Gasteiger partial charge in [0, 0.05) is 35.4 Å². The molecule has 4 heteroatoms. The normalized spacial score (nSPS) is 16.4. The maximum atomic E-state index is 12.2. The highest BCUT2D eigenvalue weighted by molar-refractivity contribution is 7.13. The number of nitrogens with one attached hydrogen (secondary N) is 1. The Morgan fingerprint density at radius 1 is 1.30 bits per heavy atom. The van der Waals surface area contributed by atoms with E-state index in [0.717, 1.165) is 34.7 Å². The standard InChI is InChI=1S/C19H20N2OS/c1-2-14-9-6-10-17(14)18(22)20-12-11-16-13-23-19(21-16)15-7-4-3-5-8-15/h3-10,13-14H,2,11-12H2,1H3,(H,20,22). The molecule has 0 bridgehead atoms. The highest BCUT2D eigenvalue weighted by Gasteiger charge is 2.19. The first-order chi connectivity index (χ1) is 11.3. The number of allylic oxidation sites excluding steroid dienone is 3. The van der Waals surface area contributed by atoms with E-state index in [1.807, 2.05) is 30.4 Å². The third-order valence-corrected chi connectivity index (χ3v) is 4.90. The van der Waals surface area contributed by atoms with Gasteiger partial charge in [-0.2, -0.15) is 0 Å². The molecule has 3 rings (SSSR count). The first-order valence-electron chi connectivity index (χ1n) is 7.94. The van der Waals surface area contributed by atoms with Crippen LogP contribution in [-0.4, -0.2) is 17.4 Å². The first kappa shape index (κ1) is 15.7. The Balaban J connectivity index is 1.52. The van der Waals surface area contributed by atoms with Crippen molar-refractivity contribution in [2.24, 2.45) is 5.92 Å². The highest BCUT2D eigenvalue weighted by Crippen LogP contribution is 2.24. The van der Waals surface area contributed by atoms with Crippen LogP contribution < -0.4 is 5.32 Å². The molecule has 1 heterocycles. The van der Waals surface area contributed by atoms with E-state index < -0.39 is 0 Å². The zero-order chi connectivity index (χ0) is 16.1. The van der Waals surface area contributed by atoms with Crippen molar-refractivity contribution < 1.29 is 4.79 Å². The number of thiazole rings is 1. The second kappa shape index (κ2) is 7.38. The maximum Gasteiger partial charge on any atom is 0.247 e. The summed E-state index contributed by atoms with van der Waals surface area (Å²) >= 11 is 1.65. The molecule has 3 nitrogen and oxygen atoms in total. The van der Waals surface area contributed by atoms with Crippen molar-refractivity contribution in [2.45, 2.75) is 19.8 Å². The summed E-state index contributed by atoms with van der Waals surface area (Å²) in [6, 6.07) is 10.2. The molecule has 118 valence electrons. The van der Waals surface area contributed by atoms with Crippen LogP contribution in [0.5, 0.6) is 0 Å². The minimum atomic E-state index is 0.0420. The molecule has 0 radical (unpaired) electrons. The zero-order valence-corrected chi connectivity index (χ0v) is 14.0. The lowest BCUT2D eigenvalue weighted by Crippen LogP contribution is -2.28. The van der Waals surface area contributed by atoms with E-state index in [-0.39, 0.29) is 11.8 Å². The number of aromatic nitrogens is 1. The van der Waals surface area contributed by atoms with Gasteiger partial charge in [0.25, 0.3) is 0 Å². The van der Waals surface area contributed by atoms with E-state index in [0.29, 0.717) is 6.54 Å². The van der Waals surface area contributed by atoms with Crippen molar-refractivity contribution in [1.29, 1.82) is 0 Å². The van der Waals surface area contributed by atoms with Crippen molar-refractivity contribution >= 4 is 17.2 Å². The molecule has 2 aromatic rings. The van der Waals surface area contributed by atoms with Gasteiger partial charge in [0.2, 0.25) is 5.91 Å². The summed E-state index contributed by atoms with van der Waals surface area (Å²) in [5.74, 6) is 0.305. The topological polar surface area (TPSA) is 42.0 Å². The molecule has 1 unspecified atom stereocenters.